The molecule has 0 spiro atoms. The molecule has 5 fully saturated rings. The zero-order valence-corrected chi connectivity index (χ0v) is 31.6. The molecule has 0 amide bonds. The predicted molar refractivity (Wildman–Crippen MR) is 189 cm³/mol. The second-order valence-electron chi connectivity index (χ2n) is 18.4. The molecule has 12 atom stereocenters. The van der Waals surface area contributed by atoms with E-state index in [1.54, 1.807) is 10.4 Å². The fourth-order valence-electron chi connectivity index (χ4n) is 12.8. The number of esters is 1. The molecular formula is C39H64N6O4. The number of hydrogen-bond donors (Lipinski definition) is 2. The van der Waals surface area contributed by atoms with Crippen LogP contribution in [-0.2, 0) is 19.0 Å². The highest BCUT2D eigenvalue weighted by molar-refractivity contribution is 5.75. The van der Waals surface area contributed by atoms with Crippen LogP contribution in [0.4, 0.5) is 5.95 Å². The standard InChI is InChI=1S/C39H64N6O4/c1-9-10-19-48-33(46)31-35(5,25(4)24(2)3)16-17-37(7)27-11-12-30-36(6)22-47-23-39(30,28(27)13-15-38(31,37)8)20-29(45-43-34(40)42-44-45)32(36)49-26-14-18-41-21-26/h13,24-27,29-32,41H,9-12,14-23H2,1-8H3,(H2,40,43)/t25-,26?,27+,29-,30+,31-,32+,35-,36+,37-,38+,39?/m1/s1. The summed E-state index contributed by atoms with van der Waals surface area (Å²) in [6.45, 7) is 22.7. The number of hydrogen-bond acceptors (Lipinski definition) is 9. The largest absolute Gasteiger partial charge is 0.465 e. The van der Waals surface area contributed by atoms with E-state index in [0.29, 0.717) is 43.5 Å². The molecule has 0 aromatic carbocycles. The molecular weight excluding hydrogens is 616 g/mol. The first-order valence-corrected chi connectivity index (χ1v) is 19.6. The number of tetrazole rings is 1. The zero-order valence-electron chi connectivity index (χ0n) is 31.6. The Balaban J connectivity index is 1.31. The summed E-state index contributed by atoms with van der Waals surface area (Å²) in [4.78, 5) is 16.3. The van der Waals surface area contributed by atoms with Crippen molar-refractivity contribution in [3.8, 4) is 0 Å². The number of unbranched alkanes of at least 4 members (excludes halogenated alkanes) is 1. The summed E-state index contributed by atoms with van der Waals surface area (Å²) in [5.74, 6) is 1.75. The highest BCUT2D eigenvalue weighted by Gasteiger charge is 2.72. The third-order valence-electron chi connectivity index (χ3n) is 15.9. The molecule has 2 aliphatic heterocycles. The van der Waals surface area contributed by atoms with Gasteiger partial charge in [0.2, 0.25) is 0 Å². The Morgan fingerprint density at radius 1 is 1.12 bits per heavy atom. The average Bonchev–Trinajstić information content (AvgIpc) is 3.74. The van der Waals surface area contributed by atoms with Crippen molar-refractivity contribution in [1.82, 2.24) is 25.5 Å². The Morgan fingerprint density at radius 2 is 1.92 bits per heavy atom. The summed E-state index contributed by atoms with van der Waals surface area (Å²) in [5.41, 5.74) is 6.87. The van der Waals surface area contributed by atoms with Gasteiger partial charge in [-0.1, -0.05) is 78.6 Å². The van der Waals surface area contributed by atoms with Crippen molar-refractivity contribution >= 4 is 11.9 Å². The molecule has 274 valence electrons. The quantitative estimate of drug-likeness (QED) is 0.173. The molecule has 0 radical (unpaired) electrons. The van der Waals surface area contributed by atoms with E-state index in [2.05, 4.69) is 82.2 Å². The van der Waals surface area contributed by atoms with Gasteiger partial charge in [-0.25, -0.2) is 0 Å². The molecule has 10 heteroatoms. The summed E-state index contributed by atoms with van der Waals surface area (Å²) < 4.78 is 20.0. The van der Waals surface area contributed by atoms with Gasteiger partial charge in [-0.05, 0) is 103 Å². The number of carbonyl (C=O) groups excluding carboxylic acids is 1. The lowest BCUT2D eigenvalue weighted by Crippen LogP contribution is -2.69. The maximum absolute atomic E-state index is 14.5. The number of nitrogens with two attached hydrogens (primary N) is 1. The fourth-order valence-corrected chi connectivity index (χ4v) is 12.8. The van der Waals surface area contributed by atoms with Crippen molar-refractivity contribution in [3.63, 3.8) is 0 Å². The molecule has 4 aliphatic carbocycles. The monoisotopic (exact) mass is 680 g/mol. The number of nitrogen functional groups attached to an aromatic ring is 1. The third kappa shape index (κ3) is 5.18. The molecule has 10 nitrogen and oxygen atoms in total. The summed E-state index contributed by atoms with van der Waals surface area (Å²) in [6.07, 6.45) is 11.7. The Labute approximate surface area is 294 Å². The molecule has 1 aromatic heterocycles. The van der Waals surface area contributed by atoms with Crippen LogP contribution in [0.1, 0.15) is 119 Å². The number of nitrogens with zero attached hydrogens (tertiary/aromatic N) is 4. The molecule has 2 unspecified atom stereocenters. The summed E-state index contributed by atoms with van der Waals surface area (Å²) in [7, 11) is 0. The van der Waals surface area contributed by atoms with Gasteiger partial charge >= 0.3 is 5.97 Å². The first-order chi connectivity index (χ1) is 23.2. The van der Waals surface area contributed by atoms with Gasteiger partial charge in [0, 0.05) is 17.4 Å². The zero-order chi connectivity index (χ0) is 35.0. The summed E-state index contributed by atoms with van der Waals surface area (Å²) in [5, 5.41) is 16.7. The van der Waals surface area contributed by atoms with E-state index in [-0.39, 0.29) is 63.2 Å². The molecule has 49 heavy (non-hydrogen) atoms. The van der Waals surface area contributed by atoms with Crippen LogP contribution >= 0.6 is 0 Å². The highest BCUT2D eigenvalue weighted by Crippen LogP contribution is 2.75. The lowest BCUT2D eigenvalue weighted by Gasteiger charge is -2.71. The summed E-state index contributed by atoms with van der Waals surface area (Å²) in [6, 6.07) is -0.0980. The minimum absolute atomic E-state index is 0.0307. The molecule has 3 saturated carbocycles. The van der Waals surface area contributed by atoms with E-state index in [9.17, 15) is 4.79 Å². The van der Waals surface area contributed by atoms with Gasteiger partial charge in [0.25, 0.3) is 5.95 Å². The number of aromatic nitrogens is 4. The molecule has 3 heterocycles. The van der Waals surface area contributed by atoms with Crippen LogP contribution in [-0.4, -0.2) is 71.3 Å². The van der Waals surface area contributed by atoms with Gasteiger partial charge < -0.3 is 25.3 Å². The molecule has 2 saturated heterocycles. The predicted octanol–water partition coefficient (Wildman–Crippen LogP) is 6.39. The van der Waals surface area contributed by atoms with Gasteiger partial charge in [0.15, 0.2) is 0 Å². The Hall–Kier alpha value is -2.04. The lowest BCUT2D eigenvalue weighted by molar-refractivity contribution is -0.258. The van der Waals surface area contributed by atoms with E-state index in [1.807, 2.05) is 0 Å². The fraction of sp³-hybridized carbons (Fsp3) is 0.897. The second-order valence-corrected chi connectivity index (χ2v) is 18.4. The van der Waals surface area contributed by atoms with E-state index in [4.69, 9.17) is 19.9 Å². The minimum Gasteiger partial charge on any atom is -0.465 e. The number of fused-ring (bicyclic) bond motifs is 3. The SMILES string of the molecule is CCCCOC(=O)[C@@H]1[C@@](C)([C@H](C)C(C)C)CC[C@]2(C)[C@H]3CC[C@@H]4C5(COC[C@]4(C)[C@@H](OC4CCNC4)[C@H](n4nnc(N)n4)C5)C3=CC[C@@]12C. The van der Waals surface area contributed by atoms with Crippen molar-refractivity contribution in [3.05, 3.63) is 11.6 Å². The third-order valence-corrected chi connectivity index (χ3v) is 15.9. The second kappa shape index (κ2) is 12.6. The first kappa shape index (κ1) is 35.4. The van der Waals surface area contributed by atoms with Crippen LogP contribution in [0.5, 0.6) is 0 Å². The average molecular weight is 681 g/mol. The number of rotatable bonds is 9. The van der Waals surface area contributed by atoms with Crippen molar-refractivity contribution in [2.45, 2.75) is 131 Å². The molecule has 3 N–H and O–H groups in total. The van der Waals surface area contributed by atoms with Crippen molar-refractivity contribution in [1.29, 1.82) is 0 Å². The maximum Gasteiger partial charge on any atom is 0.310 e. The lowest BCUT2D eigenvalue weighted by atomic mass is 9.34. The number of anilines is 1. The van der Waals surface area contributed by atoms with Gasteiger partial charge in [-0.3, -0.25) is 4.79 Å². The first-order valence-electron chi connectivity index (χ1n) is 19.6. The topological polar surface area (TPSA) is 126 Å². The van der Waals surface area contributed by atoms with Gasteiger partial charge in [-0.15, -0.1) is 5.10 Å². The number of ether oxygens (including phenoxy) is 3. The van der Waals surface area contributed by atoms with E-state index < -0.39 is 0 Å². The number of allylic oxidation sites excluding steroid dienone is 1. The van der Waals surface area contributed by atoms with E-state index in [1.165, 1.54) is 0 Å². The normalized spacial score (nSPS) is 45.2. The Morgan fingerprint density at radius 3 is 2.59 bits per heavy atom. The maximum atomic E-state index is 14.5. The highest BCUT2D eigenvalue weighted by atomic mass is 16.5. The summed E-state index contributed by atoms with van der Waals surface area (Å²) >= 11 is 0. The van der Waals surface area contributed by atoms with E-state index in [0.717, 1.165) is 70.9 Å². The van der Waals surface area contributed by atoms with Crippen molar-refractivity contribution in [2.75, 3.05) is 38.6 Å². The van der Waals surface area contributed by atoms with Crippen LogP contribution in [0.15, 0.2) is 11.6 Å². The van der Waals surface area contributed by atoms with Gasteiger partial charge in [0.1, 0.15) is 6.04 Å². The van der Waals surface area contributed by atoms with Crippen LogP contribution in [0.2, 0.25) is 0 Å². The minimum atomic E-state index is -0.222. The Bertz CT molecular complexity index is 1430. The smallest absolute Gasteiger partial charge is 0.310 e. The van der Waals surface area contributed by atoms with Crippen LogP contribution in [0, 0.1) is 56.7 Å². The molecule has 2 bridgehead atoms. The van der Waals surface area contributed by atoms with E-state index >= 15 is 0 Å². The van der Waals surface area contributed by atoms with Crippen molar-refractivity contribution < 1.29 is 19.0 Å². The van der Waals surface area contributed by atoms with Crippen LogP contribution < -0.4 is 11.1 Å². The van der Waals surface area contributed by atoms with Gasteiger partial charge in [-0.2, -0.15) is 4.80 Å². The van der Waals surface area contributed by atoms with Crippen LogP contribution in [0.3, 0.4) is 0 Å². The molecule has 7 rings (SSSR count). The van der Waals surface area contributed by atoms with Gasteiger partial charge in [0.05, 0.1) is 37.9 Å². The van der Waals surface area contributed by atoms with Crippen LogP contribution in [0.25, 0.3) is 0 Å². The number of nitrogens with one attached hydrogen (secondary N) is 1. The molecule has 1 aromatic rings. The number of carbonyl (C=O) groups is 1. The Kier molecular flexibility index (Phi) is 9.07. The molecule has 6 aliphatic rings. The van der Waals surface area contributed by atoms with Crippen molar-refractivity contribution in [2.24, 2.45) is 56.7 Å².